The summed E-state index contributed by atoms with van der Waals surface area (Å²) in [5.41, 5.74) is 5.67. The van der Waals surface area contributed by atoms with Gasteiger partial charge in [-0.2, -0.15) is 0 Å². The standard InChI is InChI=1S/C15H21N5O3.2ClH/c1-8-6-10(13(21)18(3)9(2)7-16)17-12-11(8)14(22)20(5)15(23)19(12)4;;/h6,9H,7,16H2,1-5H3;2*1H. The number of hydrogen-bond acceptors (Lipinski definition) is 5. The third-order valence-corrected chi connectivity index (χ3v) is 4.15. The van der Waals surface area contributed by atoms with Gasteiger partial charge in [-0.3, -0.25) is 18.7 Å². The number of carbonyl (C=O) groups is 1. The minimum atomic E-state index is -0.484. The van der Waals surface area contributed by atoms with E-state index in [1.165, 1.54) is 23.6 Å². The number of nitrogens with zero attached hydrogens (tertiary/aromatic N) is 4. The van der Waals surface area contributed by atoms with Gasteiger partial charge in [0.15, 0.2) is 0 Å². The van der Waals surface area contributed by atoms with Crippen LogP contribution in [0.1, 0.15) is 23.0 Å². The van der Waals surface area contributed by atoms with Gasteiger partial charge in [0, 0.05) is 33.7 Å². The third-order valence-electron chi connectivity index (χ3n) is 4.15. The Morgan fingerprint density at radius 3 is 2.36 bits per heavy atom. The van der Waals surface area contributed by atoms with Crippen molar-refractivity contribution in [2.45, 2.75) is 19.9 Å². The van der Waals surface area contributed by atoms with E-state index in [0.29, 0.717) is 17.5 Å². The summed E-state index contributed by atoms with van der Waals surface area (Å²) in [6.07, 6.45) is 0. The van der Waals surface area contributed by atoms with Gasteiger partial charge >= 0.3 is 5.69 Å². The maximum atomic E-state index is 12.5. The normalized spacial score (nSPS) is 11.4. The molecule has 0 saturated carbocycles. The fraction of sp³-hybridized carbons (Fsp3) is 0.467. The Kier molecular flexibility index (Phi) is 7.82. The smallest absolute Gasteiger partial charge is 0.332 e. The summed E-state index contributed by atoms with van der Waals surface area (Å²) in [4.78, 5) is 42.6. The van der Waals surface area contributed by atoms with Gasteiger partial charge in [0.05, 0.1) is 5.39 Å². The molecule has 25 heavy (non-hydrogen) atoms. The van der Waals surface area contributed by atoms with E-state index in [1.807, 2.05) is 6.92 Å². The minimum absolute atomic E-state index is 0. The summed E-state index contributed by atoms with van der Waals surface area (Å²) in [7, 11) is 4.58. The van der Waals surface area contributed by atoms with Crippen LogP contribution in [0.15, 0.2) is 15.7 Å². The van der Waals surface area contributed by atoms with E-state index in [2.05, 4.69) is 4.98 Å². The van der Waals surface area contributed by atoms with Gasteiger partial charge in [-0.15, -0.1) is 24.8 Å². The molecular weight excluding hydrogens is 369 g/mol. The topological polar surface area (TPSA) is 103 Å². The molecule has 2 rings (SSSR count). The summed E-state index contributed by atoms with van der Waals surface area (Å²) in [6, 6.07) is 1.42. The number of pyridine rings is 1. The number of halogens is 2. The van der Waals surface area contributed by atoms with Crippen LogP contribution < -0.4 is 17.0 Å². The first-order valence-corrected chi connectivity index (χ1v) is 7.25. The predicted octanol–water partition coefficient (Wildman–Crippen LogP) is 0.203. The lowest BCUT2D eigenvalue weighted by Crippen LogP contribution is -2.41. The average Bonchev–Trinajstić information content (AvgIpc) is 2.55. The molecule has 0 aliphatic rings. The molecule has 1 unspecified atom stereocenters. The van der Waals surface area contributed by atoms with Crippen LogP contribution in [0.3, 0.4) is 0 Å². The first kappa shape index (κ1) is 23.1. The number of likely N-dealkylation sites (N-methyl/N-ethyl adjacent to an activating group) is 1. The molecule has 140 valence electrons. The van der Waals surface area contributed by atoms with Crippen LogP contribution in [-0.2, 0) is 14.1 Å². The molecule has 1 atom stereocenters. The maximum Gasteiger partial charge on any atom is 0.332 e. The van der Waals surface area contributed by atoms with E-state index in [1.54, 1.807) is 20.0 Å². The van der Waals surface area contributed by atoms with E-state index >= 15 is 0 Å². The summed E-state index contributed by atoms with van der Waals surface area (Å²) < 4.78 is 2.30. The van der Waals surface area contributed by atoms with Crippen molar-refractivity contribution in [3.63, 3.8) is 0 Å². The van der Waals surface area contributed by atoms with E-state index in [-0.39, 0.29) is 48.1 Å². The molecule has 0 aliphatic carbocycles. The lowest BCUT2D eigenvalue weighted by molar-refractivity contribution is 0.0742. The largest absolute Gasteiger partial charge is 0.336 e. The number of fused-ring (bicyclic) bond motifs is 1. The van der Waals surface area contributed by atoms with E-state index in [0.717, 1.165) is 4.57 Å². The molecular formula is C15H23Cl2N5O3. The summed E-state index contributed by atoms with van der Waals surface area (Å²) >= 11 is 0. The number of aromatic nitrogens is 3. The highest BCUT2D eigenvalue weighted by Crippen LogP contribution is 2.14. The van der Waals surface area contributed by atoms with Crippen LogP contribution in [0, 0.1) is 6.92 Å². The van der Waals surface area contributed by atoms with E-state index < -0.39 is 11.2 Å². The zero-order valence-corrected chi connectivity index (χ0v) is 16.4. The molecule has 8 nitrogen and oxygen atoms in total. The van der Waals surface area contributed by atoms with Gasteiger partial charge in [-0.1, -0.05) is 0 Å². The molecule has 0 bridgehead atoms. The number of aryl methyl sites for hydroxylation is 2. The average molecular weight is 392 g/mol. The van der Waals surface area contributed by atoms with Crippen molar-refractivity contribution >= 4 is 41.8 Å². The van der Waals surface area contributed by atoms with Crippen molar-refractivity contribution in [2.75, 3.05) is 13.6 Å². The fourth-order valence-corrected chi connectivity index (χ4v) is 2.38. The van der Waals surface area contributed by atoms with Crippen molar-refractivity contribution in [3.05, 3.63) is 38.2 Å². The van der Waals surface area contributed by atoms with Crippen molar-refractivity contribution in [2.24, 2.45) is 19.8 Å². The van der Waals surface area contributed by atoms with Gasteiger partial charge in [0.2, 0.25) is 0 Å². The Labute approximate surface area is 157 Å². The number of rotatable bonds is 3. The molecule has 1 amide bonds. The summed E-state index contributed by atoms with van der Waals surface area (Å²) in [5.74, 6) is -0.305. The van der Waals surface area contributed by atoms with Crippen molar-refractivity contribution in [1.29, 1.82) is 0 Å². The molecule has 0 radical (unpaired) electrons. The Morgan fingerprint density at radius 2 is 1.84 bits per heavy atom. The molecule has 10 heteroatoms. The van der Waals surface area contributed by atoms with Gasteiger partial charge in [0.25, 0.3) is 11.5 Å². The van der Waals surface area contributed by atoms with Crippen LogP contribution in [0.25, 0.3) is 11.0 Å². The third kappa shape index (κ3) is 3.86. The quantitative estimate of drug-likeness (QED) is 0.804. The predicted molar refractivity (Wildman–Crippen MR) is 102 cm³/mol. The van der Waals surface area contributed by atoms with E-state index in [4.69, 9.17) is 5.73 Å². The number of amides is 1. The monoisotopic (exact) mass is 391 g/mol. The maximum absolute atomic E-state index is 12.5. The van der Waals surface area contributed by atoms with E-state index in [9.17, 15) is 14.4 Å². The van der Waals surface area contributed by atoms with Gasteiger partial charge < -0.3 is 10.6 Å². The van der Waals surface area contributed by atoms with Crippen LogP contribution in [0.4, 0.5) is 0 Å². The van der Waals surface area contributed by atoms with Crippen LogP contribution in [0.5, 0.6) is 0 Å². The highest BCUT2D eigenvalue weighted by atomic mass is 35.5. The van der Waals surface area contributed by atoms with Crippen molar-refractivity contribution < 1.29 is 4.79 Å². The zero-order valence-electron chi connectivity index (χ0n) is 14.8. The lowest BCUT2D eigenvalue weighted by Gasteiger charge is -2.23. The number of nitrogens with two attached hydrogens (primary N) is 1. The Bertz CT molecular complexity index is 907. The molecule has 0 aliphatic heterocycles. The summed E-state index contributed by atoms with van der Waals surface area (Å²) in [6.45, 7) is 3.88. The minimum Gasteiger partial charge on any atom is -0.336 e. The van der Waals surface area contributed by atoms with Gasteiger partial charge in [-0.05, 0) is 25.5 Å². The second kappa shape index (κ2) is 8.46. The Morgan fingerprint density at radius 1 is 1.28 bits per heavy atom. The lowest BCUT2D eigenvalue weighted by atomic mass is 10.1. The second-order valence-corrected chi connectivity index (χ2v) is 5.73. The summed E-state index contributed by atoms with van der Waals surface area (Å²) in [5, 5.41) is 0.334. The molecule has 0 saturated heterocycles. The SMILES string of the molecule is Cc1cc(C(=O)N(C)C(C)CN)nc2c1c(=O)n(C)c(=O)n2C.Cl.Cl. The molecule has 0 spiro atoms. The highest BCUT2D eigenvalue weighted by molar-refractivity contribution is 5.95. The molecule has 2 heterocycles. The fourth-order valence-electron chi connectivity index (χ4n) is 2.38. The Hall–Kier alpha value is -1.90. The molecule has 0 aromatic carbocycles. The van der Waals surface area contributed by atoms with Crippen LogP contribution in [-0.4, -0.2) is 44.6 Å². The molecule has 2 aromatic heterocycles. The molecule has 2 N–H and O–H groups in total. The number of hydrogen-bond donors (Lipinski definition) is 1. The number of carbonyl (C=O) groups excluding carboxylic acids is 1. The molecule has 0 fully saturated rings. The van der Waals surface area contributed by atoms with Crippen LogP contribution >= 0.6 is 24.8 Å². The highest BCUT2D eigenvalue weighted by Gasteiger charge is 2.21. The van der Waals surface area contributed by atoms with Crippen molar-refractivity contribution in [3.8, 4) is 0 Å². The molecule has 2 aromatic rings. The van der Waals surface area contributed by atoms with Crippen LogP contribution in [0.2, 0.25) is 0 Å². The van der Waals surface area contributed by atoms with Gasteiger partial charge in [-0.25, -0.2) is 9.78 Å². The van der Waals surface area contributed by atoms with Gasteiger partial charge in [0.1, 0.15) is 11.3 Å². The Balaban J connectivity index is 0.00000288. The second-order valence-electron chi connectivity index (χ2n) is 5.73. The first-order valence-electron chi connectivity index (χ1n) is 7.25. The zero-order chi connectivity index (χ0) is 17.5. The van der Waals surface area contributed by atoms with Crippen molar-refractivity contribution in [1.82, 2.24) is 19.0 Å². The first-order chi connectivity index (χ1) is 10.7.